The van der Waals surface area contributed by atoms with Crippen LogP contribution in [0.1, 0.15) is 47.6 Å². The third kappa shape index (κ3) is 4.53. The van der Waals surface area contributed by atoms with E-state index >= 15 is 0 Å². The van der Waals surface area contributed by atoms with Crippen molar-refractivity contribution in [2.45, 2.75) is 38.1 Å². The molecular weight excluding hydrogens is 416 g/mol. The van der Waals surface area contributed by atoms with Crippen molar-refractivity contribution >= 4 is 17.4 Å². The summed E-state index contributed by atoms with van der Waals surface area (Å²) in [6.45, 7) is 1.19. The van der Waals surface area contributed by atoms with Gasteiger partial charge in [0.05, 0.1) is 18.7 Å². The SMILES string of the molecule is COc1ccccc1C1/C(=C(\O)c2ccc3c(c2)CCCC3)C(=O)C(=O)N1CCCN(C)C. The largest absolute Gasteiger partial charge is 0.507 e. The van der Waals surface area contributed by atoms with Gasteiger partial charge in [-0.3, -0.25) is 9.59 Å². The Bertz CT molecular complexity index is 1090. The Hall–Kier alpha value is -3.12. The van der Waals surface area contributed by atoms with E-state index in [0.29, 0.717) is 29.8 Å². The fourth-order valence-corrected chi connectivity index (χ4v) is 4.92. The van der Waals surface area contributed by atoms with Gasteiger partial charge in [0.25, 0.3) is 11.7 Å². The Morgan fingerprint density at radius 1 is 1.09 bits per heavy atom. The van der Waals surface area contributed by atoms with Crippen LogP contribution in [0, 0.1) is 0 Å². The van der Waals surface area contributed by atoms with E-state index in [2.05, 4.69) is 0 Å². The number of ether oxygens (including phenoxy) is 1. The highest BCUT2D eigenvalue weighted by Crippen LogP contribution is 2.43. The van der Waals surface area contributed by atoms with Gasteiger partial charge in [-0.1, -0.05) is 30.3 Å². The van der Waals surface area contributed by atoms with Crippen LogP contribution in [0.15, 0.2) is 48.0 Å². The maximum absolute atomic E-state index is 13.2. The number of amides is 1. The lowest BCUT2D eigenvalue weighted by Crippen LogP contribution is -2.32. The summed E-state index contributed by atoms with van der Waals surface area (Å²) < 4.78 is 5.57. The summed E-state index contributed by atoms with van der Waals surface area (Å²) in [6.07, 6.45) is 5.00. The van der Waals surface area contributed by atoms with E-state index in [1.54, 1.807) is 12.0 Å². The molecule has 1 amide bonds. The lowest BCUT2D eigenvalue weighted by molar-refractivity contribution is -0.140. The number of carbonyl (C=O) groups excluding carboxylic acids is 2. The summed E-state index contributed by atoms with van der Waals surface area (Å²) in [5.41, 5.74) is 3.91. The highest BCUT2D eigenvalue weighted by atomic mass is 16.5. The number of carbonyl (C=O) groups is 2. The number of aryl methyl sites for hydroxylation is 2. The van der Waals surface area contributed by atoms with E-state index in [9.17, 15) is 14.7 Å². The van der Waals surface area contributed by atoms with Gasteiger partial charge in [0.2, 0.25) is 0 Å². The first-order chi connectivity index (χ1) is 15.9. The van der Waals surface area contributed by atoms with E-state index in [0.717, 1.165) is 25.8 Å². The van der Waals surface area contributed by atoms with Gasteiger partial charge in [0, 0.05) is 17.7 Å². The van der Waals surface area contributed by atoms with Crippen LogP contribution in [0.3, 0.4) is 0 Å². The molecule has 1 N–H and O–H groups in total. The first kappa shape index (κ1) is 23.1. The number of rotatable bonds is 7. The van der Waals surface area contributed by atoms with Crippen LogP contribution in [0.25, 0.3) is 5.76 Å². The summed E-state index contributed by atoms with van der Waals surface area (Å²) >= 11 is 0. The molecule has 0 aromatic heterocycles. The zero-order valence-electron chi connectivity index (χ0n) is 19.6. The molecule has 0 spiro atoms. The van der Waals surface area contributed by atoms with Crippen molar-refractivity contribution in [1.29, 1.82) is 0 Å². The average molecular weight is 449 g/mol. The molecule has 4 rings (SSSR count). The van der Waals surface area contributed by atoms with Crippen molar-refractivity contribution in [3.8, 4) is 5.75 Å². The van der Waals surface area contributed by atoms with Gasteiger partial charge >= 0.3 is 0 Å². The number of para-hydroxylation sites is 1. The Morgan fingerprint density at radius 2 is 1.82 bits per heavy atom. The molecule has 1 aliphatic carbocycles. The minimum Gasteiger partial charge on any atom is -0.507 e. The van der Waals surface area contributed by atoms with Gasteiger partial charge in [0.1, 0.15) is 11.5 Å². The number of benzene rings is 2. The van der Waals surface area contributed by atoms with Crippen molar-refractivity contribution < 1.29 is 19.4 Å². The van der Waals surface area contributed by atoms with Crippen LogP contribution in [0.2, 0.25) is 0 Å². The predicted molar refractivity (Wildman–Crippen MR) is 128 cm³/mol. The Kier molecular flexibility index (Phi) is 6.84. The Balaban J connectivity index is 1.82. The summed E-state index contributed by atoms with van der Waals surface area (Å²) in [7, 11) is 5.52. The van der Waals surface area contributed by atoms with Crippen molar-refractivity contribution in [2.75, 3.05) is 34.3 Å². The molecule has 1 atom stereocenters. The summed E-state index contributed by atoms with van der Waals surface area (Å²) in [6, 6.07) is 12.6. The van der Waals surface area contributed by atoms with Crippen molar-refractivity contribution in [2.24, 2.45) is 0 Å². The number of methoxy groups -OCH3 is 1. The number of hydrogen-bond acceptors (Lipinski definition) is 5. The molecule has 1 fully saturated rings. The molecular formula is C27H32N2O4. The second kappa shape index (κ2) is 9.79. The number of aliphatic hydroxyl groups is 1. The highest BCUT2D eigenvalue weighted by molar-refractivity contribution is 6.46. The normalized spacial score (nSPS) is 19.8. The smallest absolute Gasteiger partial charge is 0.295 e. The minimum absolute atomic E-state index is 0.118. The molecule has 2 aliphatic rings. The van der Waals surface area contributed by atoms with Crippen LogP contribution < -0.4 is 4.74 Å². The molecule has 6 heteroatoms. The van der Waals surface area contributed by atoms with Crippen LogP contribution in [0.5, 0.6) is 5.75 Å². The molecule has 0 bridgehead atoms. The second-order valence-electron chi connectivity index (χ2n) is 9.08. The van der Waals surface area contributed by atoms with Gasteiger partial charge in [-0.05, 0) is 76.0 Å². The first-order valence-corrected chi connectivity index (χ1v) is 11.6. The van der Waals surface area contributed by atoms with E-state index in [4.69, 9.17) is 4.74 Å². The summed E-state index contributed by atoms with van der Waals surface area (Å²) in [5, 5.41) is 11.4. The average Bonchev–Trinajstić information content (AvgIpc) is 3.08. The highest BCUT2D eigenvalue weighted by Gasteiger charge is 2.46. The number of Topliss-reactive ketones (excluding diaryl/α,β-unsaturated/α-hetero) is 1. The Morgan fingerprint density at radius 3 is 2.55 bits per heavy atom. The van der Waals surface area contributed by atoms with Crippen LogP contribution in [-0.4, -0.2) is 60.9 Å². The minimum atomic E-state index is -0.695. The van der Waals surface area contributed by atoms with E-state index < -0.39 is 17.7 Å². The molecule has 6 nitrogen and oxygen atoms in total. The molecule has 2 aromatic rings. The molecule has 0 saturated carbocycles. The van der Waals surface area contributed by atoms with Crippen LogP contribution >= 0.6 is 0 Å². The van der Waals surface area contributed by atoms with E-state index in [-0.39, 0.29) is 11.3 Å². The zero-order valence-corrected chi connectivity index (χ0v) is 19.6. The van der Waals surface area contributed by atoms with Crippen molar-refractivity contribution in [3.63, 3.8) is 0 Å². The van der Waals surface area contributed by atoms with Gasteiger partial charge in [-0.25, -0.2) is 0 Å². The van der Waals surface area contributed by atoms with Gasteiger partial charge in [0.15, 0.2) is 0 Å². The number of likely N-dealkylation sites (tertiary alicyclic amines) is 1. The third-order valence-electron chi connectivity index (χ3n) is 6.60. The zero-order chi connectivity index (χ0) is 23.5. The molecule has 0 radical (unpaired) electrons. The molecule has 1 unspecified atom stereocenters. The molecule has 174 valence electrons. The van der Waals surface area contributed by atoms with Crippen molar-refractivity contribution in [3.05, 3.63) is 70.3 Å². The Labute approximate surface area is 195 Å². The van der Waals surface area contributed by atoms with E-state index in [1.807, 2.05) is 61.5 Å². The van der Waals surface area contributed by atoms with Crippen LogP contribution in [0.4, 0.5) is 0 Å². The predicted octanol–water partition coefficient (Wildman–Crippen LogP) is 3.95. The number of aliphatic hydroxyl groups excluding tert-OH is 1. The second-order valence-corrected chi connectivity index (χ2v) is 9.08. The molecule has 2 aromatic carbocycles. The first-order valence-electron chi connectivity index (χ1n) is 11.6. The third-order valence-corrected chi connectivity index (χ3v) is 6.60. The molecule has 33 heavy (non-hydrogen) atoms. The number of ketones is 1. The topological polar surface area (TPSA) is 70.1 Å². The molecule has 1 heterocycles. The van der Waals surface area contributed by atoms with Gasteiger partial charge < -0.3 is 19.6 Å². The van der Waals surface area contributed by atoms with Crippen molar-refractivity contribution in [1.82, 2.24) is 9.80 Å². The standard InChI is InChI=1S/C27H32N2O4/c1-28(2)15-8-16-29-24(21-11-6-7-12-22(21)33-3)23(26(31)27(29)32)25(30)20-14-13-18-9-4-5-10-19(18)17-20/h6-7,11-14,17,24,30H,4-5,8-10,15-16H2,1-3H3/b25-23+. The maximum Gasteiger partial charge on any atom is 0.295 e. The quantitative estimate of drug-likeness (QED) is 0.395. The lowest BCUT2D eigenvalue weighted by Gasteiger charge is -2.27. The fraction of sp³-hybridized carbons (Fsp3) is 0.407. The number of nitrogens with zero attached hydrogens (tertiary/aromatic N) is 2. The summed E-state index contributed by atoms with van der Waals surface area (Å²) in [4.78, 5) is 30.0. The number of hydrogen-bond donors (Lipinski definition) is 1. The molecule has 1 aliphatic heterocycles. The van der Waals surface area contributed by atoms with Gasteiger partial charge in [-0.2, -0.15) is 0 Å². The lowest BCUT2D eigenvalue weighted by atomic mass is 9.88. The van der Waals surface area contributed by atoms with Gasteiger partial charge in [-0.15, -0.1) is 0 Å². The maximum atomic E-state index is 13.2. The number of fused-ring (bicyclic) bond motifs is 1. The van der Waals surface area contributed by atoms with E-state index in [1.165, 1.54) is 17.5 Å². The fourth-order valence-electron chi connectivity index (χ4n) is 4.92. The summed E-state index contributed by atoms with van der Waals surface area (Å²) in [5.74, 6) is -0.763. The van der Waals surface area contributed by atoms with Crippen LogP contribution in [-0.2, 0) is 22.4 Å². The molecule has 1 saturated heterocycles. The monoisotopic (exact) mass is 448 g/mol.